The lowest BCUT2D eigenvalue weighted by atomic mass is 10.1. The monoisotopic (exact) mass is 336 g/mol. The fraction of sp³-hybridized carbons (Fsp3) is 0.588. The number of nitrogens with zero attached hydrogens (tertiary/aromatic N) is 2. The van der Waals surface area contributed by atoms with Crippen molar-refractivity contribution in [2.75, 3.05) is 32.1 Å². The van der Waals surface area contributed by atoms with Crippen molar-refractivity contribution in [3.63, 3.8) is 0 Å². The van der Waals surface area contributed by atoms with E-state index in [0.717, 1.165) is 38.6 Å². The number of aliphatic hydroxyl groups is 1. The van der Waals surface area contributed by atoms with E-state index in [1.54, 1.807) is 12.1 Å². The molecule has 0 aliphatic rings. The van der Waals surface area contributed by atoms with Gasteiger partial charge in [-0.2, -0.15) is 0 Å². The lowest BCUT2D eigenvalue weighted by molar-refractivity contribution is -0.116. The molecule has 2 amide bonds. The summed E-state index contributed by atoms with van der Waals surface area (Å²) in [6.07, 6.45) is 7.02. The van der Waals surface area contributed by atoms with Crippen LogP contribution in [0.4, 0.5) is 5.82 Å². The van der Waals surface area contributed by atoms with E-state index in [-0.39, 0.29) is 12.5 Å². The molecule has 1 rings (SSSR count). The number of likely N-dealkylation sites (N-methyl/N-ethyl adjacent to an activating group) is 1. The molecule has 0 radical (unpaired) electrons. The van der Waals surface area contributed by atoms with E-state index >= 15 is 0 Å². The fourth-order valence-electron chi connectivity index (χ4n) is 2.30. The number of nitrogens with two attached hydrogens (primary N) is 1. The number of aromatic nitrogens is 1. The number of nitrogens with one attached hydrogen (secondary N) is 1. The molecule has 1 aromatic rings. The van der Waals surface area contributed by atoms with Crippen molar-refractivity contribution in [2.24, 2.45) is 5.73 Å². The van der Waals surface area contributed by atoms with Crippen LogP contribution in [0.5, 0.6) is 0 Å². The van der Waals surface area contributed by atoms with Crippen LogP contribution in [-0.4, -0.2) is 53.5 Å². The lowest BCUT2D eigenvalue weighted by Gasteiger charge is -2.14. The maximum absolute atomic E-state index is 11.8. The van der Waals surface area contributed by atoms with Crippen molar-refractivity contribution in [3.8, 4) is 0 Å². The molecule has 24 heavy (non-hydrogen) atoms. The van der Waals surface area contributed by atoms with Crippen LogP contribution in [0.25, 0.3) is 0 Å². The molecule has 7 nitrogen and oxygen atoms in total. The fourth-order valence-corrected chi connectivity index (χ4v) is 2.30. The molecule has 7 heteroatoms. The van der Waals surface area contributed by atoms with Gasteiger partial charge < -0.3 is 21.1 Å². The van der Waals surface area contributed by atoms with Crippen LogP contribution in [0.15, 0.2) is 18.3 Å². The normalized spacial score (nSPS) is 10.8. The van der Waals surface area contributed by atoms with E-state index < -0.39 is 5.91 Å². The molecule has 1 heterocycles. The van der Waals surface area contributed by atoms with Crippen LogP contribution in [0.2, 0.25) is 0 Å². The van der Waals surface area contributed by atoms with Crippen molar-refractivity contribution in [3.05, 3.63) is 23.9 Å². The Hall–Kier alpha value is -1.99. The first-order valence-electron chi connectivity index (χ1n) is 8.38. The second-order valence-electron chi connectivity index (χ2n) is 5.89. The van der Waals surface area contributed by atoms with Gasteiger partial charge in [0.15, 0.2) is 0 Å². The molecular weight excluding hydrogens is 308 g/mol. The highest BCUT2D eigenvalue weighted by molar-refractivity contribution is 5.93. The highest BCUT2D eigenvalue weighted by atomic mass is 16.3. The van der Waals surface area contributed by atoms with Gasteiger partial charge in [0.25, 0.3) is 0 Å². The Bertz CT molecular complexity index is 505. The Kier molecular flexibility index (Phi) is 9.64. The van der Waals surface area contributed by atoms with Crippen LogP contribution >= 0.6 is 0 Å². The Morgan fingerprint density at radius 1 is 1.17 bits per heavy atom. The molecule has 0 spiro atoms. The zero-order valence-electron chi connectivity index (χ0n) is 14.3. The maximum Gasteiger partial charge on any atom is 0.250 e. The van der Waals surface area contributed by atoms with Gasteiger partial charge in [-0.1, -0.05) is 19.3 Å². The summed E-state index contributed by atoms with van der Waals surface area (Å²) in [5.41, 5.74) is 5.45. The van der Waals surface area contributed by atoms with Gasteiger partial charge in [0.2, 0.25) is 11.8 Å². The first-order valence-corrected chi connectivity index (χ1v) is 8.38. The van der Waals surface area contributed by atoms with Crippen molar-refractivity contribution >= 4 is 17.6 Å². The first-order chi connectivity index (χ1) is 11.5. The maximum atomic E-state index is 11.8. The average molecular weight is 336 g/mol. The minimum atomic E-state index is -0.539. The topological polar surface area (TPSA) is 109 Å². The number of hydrogen-bond donors (Lipinski definition) is 3. The Labute approximate surface area is 143 Å². The second-order valence-corrected chi connectivity index (χ2v) is 5.89. The molecule has 0 atom stereocenters. The number of anilines is 1. The number of primary amides is 1. The zero-order valence-corrected chi connectivity index (χ0v) is 14.3. The van der Waals surface area contributed by atoms with E-state index in [4.69, 9.17) is 10.8 Å². The van der Waals surface area contributed by atoms with Gasteiger partial charge in [0.1, 0.15) is 5.82 Å². The third kappa shape index (κ3) is 8.59. The molecule has 0 aromatic carbocycles. The largest absolute Gasteiger partial charge is 0.395 e. The predicted molar refractivity (Wildman–Crippen MR) is 93.7 cm³/mol. The minimum Gasteiger partial charge on any atom is -0.395 e. The van der Waals surface area contributed by atoms with Crippen molar-refractivity contribution in [1.82, 2.24) is 9.88 Å². The van der Waals surface area contributed by atoms with Gasteiger partial charge in [0.05, 0.1) is 12.2 Å². The summed E-state index contributed by atoms with van der Waals surface area (Å²) in [4.78, 5) is 28.8. The van der Waals surface area contributed by atoms with Crippen LogP contribution in [0.3, 0.4) is 0 Å². The van der Waals surface area contributed by atoms with Crippen LogP contribution in [0, 0.1) is 0 Å². The molecule has 0 unspecified atom stereocenters. The first kappa shape index (κ1) is 20.1. The number of carbonyl (C=O) groups is 2. The van der Waals surface area contributed by atoms with Crippen LogP contribution in [0.1, 0.15) is 48.9 Å². The molecule has 0 bridgehead atoms. The molecule has 0 aliphatic heterocycles. The van der Waals surface area contributed by atoms with E-state index in [1.807, 2.05) is 7.05 Å². The molecule has 134 valence electrons. The number of aliphatic hydroxyl groups excluding tert-OH is 1. The summed E-state index contributed by atoms with van der Waals surface area (Å²) >= 11 is 0. The summed E-state index contributed by atoms with van der Waals surface area (Å²) in [6, 6.07) is 3.11. The van der Waals surface area contributed by atoms with Gasteiger partial charge in [0, 0.05) is 19.2 Å². The Morgan fingerprint density at radius 2 is 1.88 bits per heavy atom. The quantitative estimate of drug-likeness (QED) is 0.500. The minimum absolute atomic E-state index is 0.0722. The van der Waals surface area contributed by atoms with Gasteiger partial charge in [-0.05, 0) is 38.6 Å². The van der Waals surface area contributed by atoms with Gasteiger partial charge in [-0.15, -0.1) is 0 Å². The van der Waals surface area contributed by atoms with E-state index in [2.05, 4.69) is 15.2 Å². The van der Waals surface area contributed by atoms with E-state index in [0.29, 0.717) is 24.3 Å². The van der Waals surface area contributed by atoms with Crippen LogP contribution in [-0.2, 0) is 4.79 Å². The zero-order chi connectivity index (χ0) is 17.8. The third-order valence-corrected chi connectivity index (χ3v) is 3.74. The predicted octanol–water partition coefficient (Wildman–Crippen LogP) is 1.38. The van der Waals surface area contributed by atoms with E-state index in [9.17, 15) is 9.59 Å². The number of carbonyl (C=O) groups excluding carboxylic acids is 2. The summed E-state index contributed by atoms with van der Waals surface area (Å²) < 4.78 is 0. The highest BCUT2D eigenvalue weighted by Crippen LogP contribution is 2.09. The average Bonchev–Trinajstić information content (AvgIpc) is 2.54. The Morgan fingerprint density at radius 3 is 2.50 bits per heavy atom. The highest BCUT2D eigenvalue weighted by Gasteiger charge is 2.05. The number of unbranched alkanes of at least 4 members (excludes halogenated alkanes) is 4. The third-order valence-electron chi connectivity index (χ3n) is 3.74. The second kappa shape index (κ2) is 11.5. The molecule has 0 fully saturated rings. The van der Waals surface area contributed by atoms with Crippen molar-refractivity contribution in [1.29, 1.82) is 0 Å². The number of rotatable bonds is 12. The summed E-state index contributed by atoms with van der Waals surface area (Å²) in [5.74, 6) is -0.183. The van der Waals surface area contributed by atoms with Crippen molar-refractivity contribution in [2.45, 2.75) is 38.5 Å². The molecular formula is C17H28N4O3. The van der Waals surface area contributed by atoms with E-state index in [1.165, 1.54) is 6.20 Å². The lowest BCUT2D eigenvalue weighted by Crippen LogP contribution is -2.23. The Balaban J connectivity index is 2.08. The number of pyridine rings is 1. The number of amides is 2. The van der Waals surface area contributed by atoms with Gasteiger partial charge in [-0.3, -0.25) is 9.59 Å². The van der Waals surface area contributed by atoms with Crippen molar-refractivity contribution < 1.29 is 14.7 Å². The number of hydrogen-bond acceptors (Lipinski definition) is 5. The molecule has 1 aromatic heterocycles. The van der Waals surface area contributed by atoms with Gasteiger partial charge >= 0.3 is 0 Å². The molecule has 4 N–H and O–H groups in total. The molecule has 0 aliphatic carbocycles. The summed E-state index contributed by atoms with van der Waals surface area (Å²) in [5, 5.41) is 11.5. The molecule has 0 saturated carbocycles. The SMILES string of the molecule is CN(CCO)CCCCCCCC(=O)Nc1ccc(C(N)=O)cn1. The van der Waals surface area contributed by atoms with Crippen LogP contribution < -0.4 is 11.1 Å². The smallest absolute Gasteiger partial charge is 0.250 e. The van der Waals surface area contributed by atoms with Gasteiger partial charge in [-0.25, -0.2) is 4.98 Å². The standard InChI is InChI=1S/C17H28N4O3/c1-21(11-12-22)10-6-4-2-3-5-7-16(23)20-15-9-8-14(13-19-15)17(18)24/h8-9,13,22H,2-7,10-12H2,1H3,(H2,18,24)(H,19,20,23). The molecule has 0 saturated heterocycles. The summed E-state index contributed by atoms with van der Waals surface area (Å²) in [7, 11) is 2.00. The summed E-state index contributed by atoms with van der Waals surface area (Å²) in [6.45, 7) is 1.91.